The number of ether oxygens (including phenoxy) is 1. The number of carbonyl (C=O) groups excluding carboxylic acids is 1. The van der Waals surface area contributed by atoms with Crippen molar-refractivity contribution >= 4 is 5.91 Å². The molecule has 2 fully saturated rings. The molecule has 1 saturated heterocycles. The third kappa shape index (κ3) is 2.53. The van der Waals surface area contributed by atoms with E-state index < -0.39 is 0 Å². The Morgan fingerprint density at radius 1 is 1.18 bits per heavy atom. The van der Waals surface area contributed by atoms with Gasteiger partial charge in [0, 0.05) is 13.0 Å². The second-order valence-corrected chi connectivity index (χ2v) is 6.98. The van der Waals surface area contributed by atoms with Crippen LogP contribution in [0.2, 0.25) is 0 Å². The van der Waals surface area contributed by atoms with Crippen LogP contribution in [0.15, 0.2) is 0 Å². The first-order chi connectivity index (χ1) is 10.8. The van der Waals surface area contributed by atoms with Gasteiger partial charge in [0.25, 0.3) is 5.91 Å². The van der Waals surface area contributed by atoms with Crippen molar-refractivity contribution in [1.29, 1.82) is 0 Å². The van der Waals surface area contributed by atoms with Crippen molar-refractivity contribution in [2.24, 2.45) is 0 Å². The minimum absolute atomic E-state index is 0.0282. The lowest BCUT2D eigenvalue weighted by Gasteiger charge is -2.32. The first kappa shape index (κ1) is 14.2. The fourth-order valence-electron chi connectivity index (χ4n) is 4.21. The Kier molecular flexibility index (Phi) is 3.64. The zero-order chi connectivity index (χ0) is 15.0. The molecule has 1 spiro atoms. The van der Waals surface area contributed by atoms with Gasteiger partial charge in [-0.25, -0.2) is 0 Å². The number of amides is 1. The van der Waals surface area contributed by atoms with E-state index in [0.29, 0.717) is 12.4 Å². The normalized spacial score (nSPS) is 26.8. The summed E-state index contributed by atoms with van der Waals surface area (Å²) in [5.74, 6) is 1.32. The summed E-state index contributed by atoms with van der Waals surface area (Å²) < 4.78 is 8.04. The Labute approximate surface area is 130 Å². The first-order valence-corrected chi connectivity index (χ1v) is 8.63. The quantitative estimate of drug-likeness (QED) is 0.905. The van der Waals surface area contributed by atoms with Crippen LogP contribution in [0.1, 0.15) is 67.8 Å². The van der Waals surface area contributed by atoms with Gasteiger partial charge in [-0.1, -0.05) is 19.3 Å². The monoisotopic (exact) mass is 304 g/mol. The molecule has 22 heavy (non-hydrogen) atoms. The molecular weight excluding hydrogens is 280 g/mol. The molecule has 4 rings (SSSR count). The van der Waals surface area contributed by atoms with E-state index in [-0.39, 0.29) is 17.6 Å². The number of carbonyl (C=O) groups is 1. The highest BCUT2D eigenvalue weighted by Crippen LogP contribution is 2.39. The Morgan fingerprint density at radius 2 is 2.05 bits per heavy atom. The fourth-order valence-corrected chi connectivity index (χ4v) is 4.21. The van der Waals surface area contributed by atoms with Crippen LogP contribution < -0.4 is 5.32 Å². The van der Waals surface area contributed by atoms with E-state index in [0.717, 1.165) is 50.9 Å². The largest absolute Gasteiger partial charge is 0.373 e. The molecule has 0 aromatic carbocycles. The second kappa shape index (κ2) is 5.65. The van der Waals surface area contributed by atoms with Crippen LogP contribution in [-0.4, -0.2) is 38.9 Å². The predicted octanol–water partition coefficient (Wildman–Crippen LogP) is 1.84. The van der Waals surface area contributed by atoms with Crippen molar-refractivity contribution in [1.82, 2.24) is 20.1 Å². The fraction of sp³-hybridized carbons (Fsp3) is 0.812. The predicted molar refractivity (Wildman–Crippen MR) is 80.6 cm³/mol. The summed E-state index contributed by atoms with van der Waals surface area (Å²) in [6, 6.07) is 0.113. The van der Waals surface area contributed by atoms with E-state index in [1.807, 2.05) is 4.57 Å². The van der Waals surface area contributed by atoms with Crippen LogP contribution in [0.25, 0.3) is 0 Å². The van der Waals surface area contributed by atoms with Gasteiger partial charge in [0.2, 0.25) is 5.82 Å². The summed E-state index contributed by atoms with van der Waals surface area (Å²) >= 11 is 0. The summed E-state index contributed by atoms with van der Waals surface area (Å²) in [6.07, 6.45) is 10.2. The van der Waals surface area contributed by atoms with Gasteiger partial charge in [-0.05, 0) is 32.1 Å². The number of rotatable bonds is 2. The molecule has 6 nitrogen and oxygen atoms in total. The van der Waals surface area contributed by atoms with Crippen LogP contribution in [0.5, 0.6) is 0 Å². The summed E-state index contributed by atoms with van der Waals surface area (Å²) in [5.41, 5.74) is 0.0282. The molecule has 1 aliphatic carbocycles. The average Bonchev–Trinajstić information content (AvgIpc) is 3.13. The molecule has 0 unspecified atom stereocenters. The van der Waals surface area contributed by atoms with Gasteiger partial charge in [-0.3, -0.25) is 4.79 Å². The molecule has 1 atom stereocenters. The van der Waals surface area contributed by atoms with Gasteiger partial charge < -0.3 is 14.6 Å². The highest BCUT2D eigenvalue weighted by atomic mass is 16.5. The molecular formula is C16H24N4O2. The zero-order valence-corrected chi connectivity index (χ0v) is 13.0. The maximum atomic E-state index is 12.5. The van der Waals surface area contributed by atoms with Crippen LogP contribution >= 0.6 is 0 Å². The molecule has 3 heterocycles. The number of hydrogen-bond acceptors (Lipinski definition) is 4. The Hall–Kier alpha value is -1.43. The molecule has 1 N–H and O–H groups in total. The Balaban J connectivity index is 1.41. The molecule has 3 aliphatic rings. The maximum absolute atomic E-state index is 12.5. The third-order valence-corrected chi connectivity index (χ3v) is 5.37. The number of hydrogen-bond donors (Lipinski definition) is 1. The third-order valence-electron chi connectivity index (χ3n) is 5.37. The van der Waals surface area contributed by atoms with Crippen LogP contribution in [0.3, 0.4) is 0 Å². The van der Waals surface area contributed by atoms with Crippen LogP contribution in [0.4, 0.5) is 0 Å². The molecule has 120 valence electrons. The van der Waals surface area contributed by atoms with Crippen molar-refractivity contribution in [3.8, 4) is 0 Å². The standard InChI is InChI=1S/C16H24N4O2/c21-15(14-19-18-13-6-2-5-9-20(13)14)17-12-10-16(22-11-12)7-3-1-4-8-16/h12H,1-11H2,(H,17,21)/t12-/m1/s1. The Bertz CT molecular complexity index is 562. The molecule has 0 bridgehead atoms. The molecule has 6 heteroatoms. The second-order valence-electron chi connectivity index (χ2n) is 6.98. The van der Waals surface area contributed by atoms with E-state index in [1.54, 1.807) is 0 Å². The van der Waals surface area contributed by atoms with Crippen molar-refractivity contribution in [3.05, 3.63) is 11.6 Å². The topological polar surface area (TPSA) is 69.0 Å². The molecule has 0 radical (unpaired) electrons. The molecule has 1 aromatic heterocycles. The smallest absolute Gasteiger partial charge is 0.289 e. The SMILES string of the molecule is O=C(N[C@H]1COC2(CCCCC2)C1)c1nnc2n1CCCC2. The van der Waals surface area contributed by atoms with E-state index >= 15 is 0 Å². The number of aromatic nitrogens is 3. The van der Waals surface area contributed by atoms with Gasteiger partial charge in [0.1, 0.15) is 5.82 Å². The van der Waals surface area contributed by atoms with E-state index in [2.05, 4.69) is 15.5 Å². The lowest BCUT2D eigenvalue weighted by atomic mass is 9.82. The summed E-state index contributed by atoms with van der Waals surface area (Å²) in [4.78, 5) is 12.5. The summed E-state index contributed by atoms with van der Waals surface area (Å²) in [6.45, 7) is 1.49. The van der Waals surface area contributed by atoms with Crippen molar-refractivity contribution < 1.29 is 9.53 Å². The van der Waals surface area contributed by atoms with E-state index in [1.165, 1.54) is 19.3 Å². The highest BCUT2D eigenvalue weighted by molar-refractivity contribution is 5.91. The molecule has 1 saturated carbocycles. The van der Waals surface area contributed by atoms with Crippen LogP contribution in [-0.2, 0) is 17.7 Å². The zero-order valence-electron chi connectivity index (χ0n) is 13.0. The van der Waals surface area contributed by atoms with Gasteiger partial charge in [0.15, 0.2) is 0 Å². The van der Waals surface area contributed by atoms with E-state index in [9.17, 15) is 4.79 Å². The molecule has 2 aliphatic heterocycles. The van der Waals surface area contributed by atoms with Gasteiger partial charge in [-0.2, -0.15) is 0 Å². The molecule has 1 amide bonds. The lowest BCUT2D eigenvalue weighted by Crippen LogP contribution is -2.38. The summed E-state index contributed by atoms with van der Waals surface area (Å²) in [5, 5.41) is 11.4. The van der Waals surface area contributed by atoms with Gasteiger partial charge in [0.05, 0.1) is 18.2 Å². The van der Waals surface area contributed by atoms with Gasteiger partial charge >= 0.3 is 0 Å². The van der Waals surface area contributed by atoms with Crippen molar-refractivity contribution in [3.63, 3.8) is 0 Å². The lowest BCUT2D eigenvalue weighted by molar-refractivity contribution is -0.0246. The minimum Gasteiger partial charge on any atom is -0.373 e. The summed E-state index contributed by atoms with van der Waals surface area (Å²) in [7, 11) is 0. The minimum atomic E-state index is -0.0953. The first-order valence-electron chi connectivity index (χ1n) is 8.63. The highest BCUT2D eigenvalue weighted by Gasteiger charge is 2.41. The average molecular weight is 304 g/mol. The Morgan fingerprint density at radius 3 is 2.91 bits per heavy atom. The number of nitrogens with one attached hydrogen (secondary N) is 1. The number of nitrogens with zero attached hydrogens (tertiary/aromatic N) is 3. The van der Waals surface area contributed by atoms with E-state index in [4.69, 9.17) is 4.74 Å². The van der Waals surface area contributed by atoms with Crippen molar-refractivity contribution in [2.45, 2.75) is 76.0 Å². The van der Waals surface area contributed by atoms with Gasteiger partial charge in [-0.15, -0.1) is 10.2 Å². The number of fused-ring (bicyclic) bond motifs is 1. The molecule has 1 aromatic rings. The van der Waals surface area contributed by atoms with Crippen LogP contribution in [0, 0.1) is 0 Å². The number of aryl methyl sites for hydroxylation is 1. The van der Waals surface area contributed by atoms with Crippen molar-refractivity contribution in [2.75, 3.05) is 6.61 Å². The maximum Gasteiger partial charge on any atom is 0.289 e.